The third kappa shape index (κ3) is 5.40. The van der Waals surface area contributed by atoms with Crippen molar-refractivity contribution in [3.8, 4) is 0 Å². The van der Waals surface area contributed by atoms with Gasteiger partial charge in [-0.1, -0.05) is 24.3 Å². The Morgan fingerprint density at radius 2 is 1.56 bits per heavy atom. The number of rotatable bonds is 7. The Morgan fingerprint density at radius 1 is 0.920 bits per heavy atom. The normalized spacial score (nSPS) is 11.9. The highest BCUT2D eigenvalue weighted by molar-refractivity contribution is 7.91. The first-order chi connectivity index (χ1) is 11.7. The van der Waals surface area contributed by atoms with E-state index in [2.05, 4.69) is 0 Å². The number of esters is 1. The molecular formula is C17H18O6S2. The van der Waals surface area contributed by atoms with E-state index < -0.39 is 25.6 Å². The second-order valence-electron chi connectivity index (χ2n) is 5.42. The summed E-state index contributed by atoms with van der Waals surface area (Å²) in [6.07, 6.45) is 1.20. The molecule has 0 spiro atoms. The quantitative estimate of drug-likeness (QED) is 0.538. The average Bonchev–Trinajstić information content (AvgIpc) is 2.59. The van der Waals surface area contributed by atoms with Gasteiger partial charge in [-0.05, 0) is 36.8 Å². The van der Waals surface area contributed by atoms with Crippen molar-refractivity contribution in [1.29, 1.82) is 0 Å². The maximum atomic E-state index is 12.1. The van der Waals surface area contributed by atoms with E-state index in [1.54, 1.807) is 18.2 Å². The van der Waals surface area contributed by atoms with Crippen molar-refractivity contribution in [2.75, 3.05) is 18.6 Å². The Labute approximate surface area is 147 Å². The molecule has 0 atom stereocenters. The molecule has 0 saturated heterocycles. The van der Waals surface area contributed by atoms with Crippen LogP contribution in [-0.2, 0) is 24.4 Å². The van der Waals surface area contributed by atoms with Crippen molar-refractivity contribution in [3.05, 3.63) is 60.2 Å². The van der Waals surface area contributed by atoms with Crippen LogP contribution in [0.3, 0.4) is 0 Å². The highest BCUT2D eigenvalue weighted by Crippen LogP contribution is 2.13. The van der Waals surface area contributed by atoms with Gasteiger partial charge in [0.25, 0.3) is 0 Å². The maximum absolute atomic E-state index is 12.1. The number of benzene rings is 2. The molecule has 25 heavy (non-hydrogen) atoms. The largest absolute Gasteiger partial charge is 0.462 e. The Hall–Kier alpha value is -2.19. The minimum absolute atomic E-state index is 0.0219. The first-order valence-corrected chi connectivity index (χ1v) is 11.0. The van der Waals surface area contributed by atoms with Crippen molar-refractivity contribution in [2.24, 2.45) is 0 Å². The van der Waals surface area contributed by atoms with E-state index in [-0.39, 0.29) is 34.1 Å². The first kappa shape index (κ1) is 19.1. The van der Waals surface area contributed by atoms with E-state index in [9.17, 15) is 21.6 Å². The van der Waals surface area contributed by atoms with Crippen LogP contribution < -0.4 is 0 Å². The molecule has 134 valence electrons. The molecule has 0 bridgehead atoms. The van der Waals surface area contributed by atoms with E-state index in [4.69, 9.17) is 4.74 Å². The van der Waals surface area contributed by atoms with E-state index in [1.165, 1.54) is 36.4 Å². The van der Waals surface area contributed by atoms with Crippen LogP contribution in [0.25, 0.3) is 0 Å². The lowest BCUT2D eigenvalue weighted by Crippen LogP contribution is -2.12. The molecule has 2 rings (SSSR count). The fourth-order valence-electron chi connectivity index (χ4n) is 2.10. The fraction of sp³-hybridized carbons (Fsp3) is 0.235. The smallest absolute Gasteiger partial charge is 0.338 e. The summed E-state index contributed by atoms with van der Waals surface area (Å²) in [5.41, 5.74) is 0.105. The van der Waals surface area contributed by atoms with Crippen LogP contribution in [0.15, 0.2) is 64.4 Å². The zero-order chi connectivity index (χ0) is 18.5. The second kappa shape index (κ2) is 7.79. The number of ether oxygens (including phenoxy) is 1. The second-order valence-corrected chi connectivity index (χ2v) is 9.55. The van der Waals surface area contributed by atoms with Crippen molar-refractivity contribution in [3.63, 3.8) is 0 Å². The van der Waals surface area contributed by atoms with Gasteiger partial charge in [-0.25, -0.2) is 21.6 Å². The standard InChI is InChI=1S/C17H18O6S2/c1-24(19,20)16-10-5-7-14(13-16)17(18)23-11-6-12-25(21,22)15-8-3-2-4-9-15/h2-5,7-10,13H,6,11-12H2,1H3. The zero-order valence-electron chi connectivity index (χ0n) is 13.6. The molecule has 0 unspecified atom stereocenters. The first-order valence-electron chi connectivity index (χ1n) is 7.45. The predicted octanol–water partition coefficient (Wildman–Crippen LogP) is 2.11. The van der Waals surface area contributed by atoms with Gasteiger partial charge in [-0.15, -0.1) is 0 Å². The van der Waals surface area contributed by atoms with Crippen LogP contribution in [0.2, 0.25) is 0 Å². The van der Waals surface area contributed by atoms with Crippen LogP contribution >= 0.6 is 0 Å². The average molecular weight is 382 g/mol. The van der Waals surface area contributed by atoms with E-state index in [0.29, 0.717) is 0 Å². The summed E-state index contributed by atoms with van der Waals surface area (Å²) in [6.45, 7) is -0.0754. The van der Waals surface area contributed by atoms with Crippen LogP contribution in [-0.4, -0.2) is 41.4 Å². The highest BCUT2D eigenvalue weighted by atomic mass is 32.2. The number of carbonyl (C=O) groups is 1. The molecular weight excluding hydrogens is 364 g/mol. The summed E-state index contributed by atoms with van der Waals surface area (Å²) in [4.78, 5) is 12.2. The Balaban J connectivity index is 1.91. The summed E-state index contributed by atoms with van der Waals surface area (Å²) in [5, 5.41) is 0. The predicted molar refractivity (Wildman–Crippen MR) is 92.9 cm³/mol. The summed E-state index contributed by atoms with van der Waals surface area (Å²) in [5.74, 6) is -0.837. The Bertz CT molecular complexity index is 948. The lowest BCUT2D eigenvalue weighted by molar-refractivity contribution is 0.0505. The van der Waals surface area contributed by atoms with Crippen molar-refractivity contribution >= 4 is 25.6 Å². The molecule has 0 N–H and O–H groups in total. The minimum atomic E-state index is -3.42. The molecule has 0 heterocycles. The van der Waals surface area contributed by atoms with Crippen LogP contribution in [0.1, 0.15) is 16.8 Å². The van der Waals surface area contributed by atoms with Gasteiger partial charge in [-0.2, -0.15) is 0 Å². The lowest BCUT2D eigenvalue weighted by atomic mass is 10.2. The third-order valence-electron chi connectivity index (χ3n) is 3.39. The molecule has 0 amide bonds. The SMILES string of the molecule is CS(=O)(=O)c1cccc(C(=O)OCCCS(=O)(=O)c2ccccc2)c1. The lowest BCUT2D eigenvalue weighted by Gasteiger charge is -2.07. The molecule has 0 aliphatic carbocycles. The van der Waals surface area contributed by atoms with Gasteiger partial charge >= 0.3 is 5.97 Å². The van der Waals surface area contributed by atoms with Gasteiger partial charge in [0.2, 0.25) is 0 Å². The molecule has 0 aliphatic heterocycles. The van der Waals surface area contributed by atoms with Crippen molar-refractivity contribution in [1.82, 2.24) is 0 Å². The minimum Gasteiger partial charge on any atom is -0.462 e. The molecule has 0 aliphatic rings. The number of carbonyl (C=O) groups excluding carboxylic acids is 1. The highest BCUT2D eigenvalue weighted by Gasteiger charge is 2.15. The van der Waals surface area contributed by atoms with Gasteiger partial charge in [0.15, 0.2) is 19.7 Å². The monoisotopic (exact) mass is 382 g/mol. The van der Waals surface area contributed by atoms with Crippen LogP contribution in [0, 0.1) is 0 Å². The van der Waals surface area contributed by atoms with Gasteiger partial charge in [0, 0.05) is 6.26 Å². The van der Waals surface area contributed by atoms with Gasteiger partial charge < -0.3 is 4.74 Å². The summed E-state index contributed by atoms with van der Waals surface area (Å²) in [6, 6.07) is 13.5. The molecule has 0 saturated carbocycles. The molecule has 6 nitrogen and oxygen atoms in total. The van der Waals surface area contributed by atoms with Crippen molar-refractivity contribution in [2.45, 2.75) is 16.2 Å². The molecule has 0 radical (unpaired) electrons. The van der Waals surface area contributed by atoms with Gasteiger partial charge in [-0.3, -0.25) is 0 Å². The molecule has 0 aromatic heterocycles. The topological polar surface area (TPSA) is 94.6 Å². The van der Waals surface area contributed by atoms with Gasteiger partial charge in [0.1, 0.15) is 0 Å². The number of hydrogen-bond acceptors (Lipinski definition) is 6. The summed E-state index contributed by atoms with van der Waals surface area (Å²) >= 11 is 0. The molecule has 2 aromatic rings. The molecule has 8 heteroatoms. The summed E-state index contributed by atoms with van der Waals surface area (Å²) in [7, 11) is -6.84. The Morgan fingerprint density at radius 3 is 2.20 bits per heavy atom. The van der Waals surface area contributed by atoms with E-state index in [0.717, 1.165) is 6.26 Å². The zero-order valence-corrected chi connectivity index (χ0v) is 15.2. The Kier molecular flexibility index (Phi) is 5.97. The number of hydrogen-bond donors (Lipinski definition) is 0. The molecule has 2 aromatic carbocycles. The molecule has 0 fully saturated rings. The van der Waals surface area contributed by atoms with Crippen LogP contribution in [0.4, 0.5) is 0 Å². The van der Waals surface area contributed by atoms with Gasteiger partial charge in [0.05, 0.1) is 27.7 Å². The number of sulfone groups is 2. The summed E-state index contributed by atoms with van der Waals surface area (Å²) < 4.78 is 52.2. The third-order valence-corrected chi connectivity index (χ3v) is 6.32. The van der Waals surface area contributed by atoms with E-state index in [1.807, 2.05) is 0 Å². The van der Waals surface area contributed by atoms with Crippen LogP contribution in [0.5, 0.6) is 0 Å². The maximum Gasteiger partial charge on any atom is 0.338 e. The van der Waals surface area contributed by atoms with E-state index >= 15 is 0 Å². The fourth-order valence-corrected chi connectivity index (χ4v) is 4.07. The van der Waals surface area contributed by atoms with Crippen molar-refractivity contribution < 1.29 is 26.4 Å².